The lowest BCUT2D eigenvalue weighted by Gasteiger charge is -2.26. The Bertz CT molecular complexity index is 754. The van der Waals surface area contributed by atoms with Crippen LogP contribution in [0.25, 0.3) is 10.9 Å². The van der Waals surface area contributed by atoms with Crippen molar-refractivity contribution in [3.05, 3.63) is 30.5 Å². The van der Waals surface area contributed by atoms with E-state index in [0.717, 1.165) is 23.0 Å². The third-order valence-corrected chi connectivity index (χ3v) is 6.33. The number of hydrogen-bond acceptors (Lipinski definition) is 2. The number of hydrogen-bond donors (Lipinski definition) is 1. The molecular weight excluding hydrogens is 286 g/mol. The number of fused-ring (bicyclic) bond motifs is 3. The van der Waals surface area contributed by atoms with E-state index in [1.54, 1.807) is 0 Å². The molecule has 2 bridgehead atoms. The Kier molecular flexibility index (Phi) is 2.82. The van der Waals surface area contributed by atoms with Gasteiger partial charge in [-0.1, -0.05) is 6.07 Å². The van der Waals surface area contributed by atoms with Crippen LogP contribution in [-0.2, 0) is 17.8 Å². The molecular formula is C15H17N3O2S. The van der Waals surface area contributed by atoms with Gasteiger partial charge in [-0.05, 0) is 24.6 Å². The summed E-state index contributed by atoms with van der Waals surface area (Å²) in [4.78, 5) is 14.3. The predicted molar refractivity (Wildman–Crippen MR) is 83.8 cm³/mol. The molecule has 110 valence electrons. The predicted octanol–water partition coefficient (Wildman–Crippen LogP) is 1.92. The number of benzene rings is 1. The molecule has 2 saturated heterocycles. The SMILES string of the molecule is Cn1ccc2c(NC(=O)N3C[C@@H]4C[C@H]3CS4=O)cccc21. The van der Waals surface area contributed by atoms with E-state index in [1.807, 2.05) is 47.0 Å². The lowest BCUT2D eigenvalue weighted by molar-refractivity contribution is 0.210. The zero-order valence-electron chi connectivity index (χ0n) is 11.8. The minimum absolute atomic E-state index is 0.0736. The molecule has 1 N–H and O–H groups in total. The Morgan fingerprint density at radius 3 is 2.95 bits per heavy atom. The highest BCUT2D eigenvalue weighted by Crippen LogP contribution is 2.31. The Morgan fingerprint density at radius 2 is 2.24 bits per heavy atom. The van der Waals surface area contributed by atoms with Gasteiger partial charge in [0, 0.05) is 53.3 Å². The third-order valence-electron chi connectivity index (χ3n) is 4.53. The fraction of sp³-hybridized carbons (Fsp3) is 0.400. The van der Waals surface area contributed by atoms with Crippen LogP contribution in [0.2, 0.25) is 0 Å². The maximum absolute atomic E-state index is 12.5. The molecule has 0 spiro atoms. The fourth-order valence-electron chi connectivity index (χ4n) is 3.39. The number of aromatic nitrogens is 1. The molecule has 1 unspecified atom stereocenters. The maximum atomic E-state index is 12.5. The smallest absolute Gasteiger partial charge is 0.322 e. The summed E-state index contributed by atoms with van der Waals surface area (Å²) in [5.74, 6) is 0.633. The topological polar surface area (TPSA) is 54.3 Å². The summed E-state index contributed by atoms with van der Waals surface area (Å²) in [5.41, 5.74) is 1.93. The molecule has 3 heterocycles. The van der Waals surface area contributed by atoms with Crippen LogP contribution in [-0.4, -0.2) is 43.3 Å². The highest BCUT2D eigenvalue weighted by Gasteiger charge is 2.45. The summed E-state index contributed by atoms with van der Waals surface area (Å²) in [6, 6.07) is 7.99. The van der Waals surface area contributed by atoms with Crippen LogP contribution in [0.1, 0.15) is 6.42 Å². The lowest BCUT2D eigenvalue weighted by Crippen LogP contribution is -2.44. The van der Waals surface area contributed by atoms with E-state index in [1.165, 1.54) is 0 Å². The summed E-state index contributed by atoms with van der Waals surface area (Å²) < 4.78 is 13.7. The highest BCUT2D eigenvalue weighted by atomic mass is 32.2. The van der Waals surface area contributed by atoms with Crippen LogP contribution in [0.4, 0.5) is 10.5 Å². The van der Waals surface area contributed by atoms with E-state index in [2.05, 4.69) is 5.32 Å². The van der Waals surface area contributed by atoms with Crippen molar-refractivity contribution in [2.45, 2.75) is 17.7 Å². The first-order chi connectivity index (χ1) is 10.1. The van der Waals surface area contributed by atoms with Crippen LogP contribution in [0.3, 0.4) is 0 Å². The molecule has 0 radical (unpaired) electrons. The number of nitrogens with one attached hydrogen (secondary N) is 1. The van der Waals surface area contributed by atoms with Crippen molar-refractivity contribution in [3.8, 4) is 0 Å². The summed E-state index contributed by atoms with van der Waals surface area (Å²) in [6.07, 6.45) is 2.87. The van der Waals surface area contributed by atoms with Crippen molar-refractivity contribution < 1.29 is 9.00 Å². The third kappa shape index (κ3) is 1.97. The van der Waals surface area contributed by atoms with Crippen molar-refractivity contribution in [1.29, 1.82) is 0 Å². The van der Waals surface area contributed by atoms with E-state index in [0.29, 0.717) is 12.3 Å². The normalized spacial score (nSPS) is 27.5. The van der Waals surface area contributed by atoms with Crippen LogP contribution >= 0.6 is 0 Å². The average Bonchev–Trinajstić information content (AvgIpc) is 3.13. The van der Waals surface area contributed by atoms with E-state index in [4.69, 9.17) is 0 Å². The first kappa shape index (κ1) is 12.9. The Labute approximate surface area is 125 Å². The maximum Gasteiger partial charge on any atom is 0.322 e. The lowest BCUT2D eigenvalue weighted by atomic mass is 10.2. The molecule has 1 aromatic carbocycles. The van der Waals surface area contributed by atoms with Crippen LogP contribution in [0.5, 0.6) is 0 Å². The molecule has 0 saturated carbocycles. The van der Waals surface area contributed by atoms with Crippen molar-refractivity contribution in [2.75, 3.05) is 17.6 Å². The van der Waals surface area contributed by atoms with Gasteiger partial charge in [0.25, 0.3) is 0 Å². The summed E-state index contributed by atoms with van der Waals surface area (Å²) >= 11 is 0. The number of carbonyl (C=O) groups is 1. The van der Waals surface area contributed by atoms with Gasteiger partial charge in [0.15, 0.2) is 0 Å². The monoisotopic (exact) mass is 303 g/mol. The number of aryl methyl sites for hydroxylation is 1. The molecule has 4 rings (SSSR count). The van der Waals surface area contributed by atoms with Crippen molar-refractivity contribution >= 4 is 33.4 Å². The standard InChI is InChI=1S/C15H17N3O2S/c1-17-6-5-12-13(3-2-4-14(12)17)16-15(19)18-8-11-7-10(18)9-21(11)20/h2-6,10-11H,7-9H2,1H3,(H,16,19)/t10-,11-,21?/m0/s1. The van der Waals surface area contributed by atoms with Gasteiger partial charge in [0.1, 0.15) is 0 Å². The molecule has 2 amide bonds. The van der Waals surface area contributed by atoms with Gasteiger partial charge in [-0.15, -0.1) is 0 Å². The minimum atomic E-state index is -0.739. The van der Waals surface area contributed by atoms with Crippen molar-refractivity contribution in [3.63, 3.8) is 0 Å². The first-order valence-corrected chi connectivity index (χ1v) is 8.50. The average molecular weight is 303 g/mol. The van der Waals surface area contributed by atoms with Crippen LogP contribution < -0.4 is 5.32 Å². The molecule has 2 aromatic rings. The largest absolute Gasteiger partial charge is 0.350 e. The summed E-state index contributed by atoms with van der Waals surface area (Å²) in [5, 5.41) is 4.23. The number of urea groups is 1. The molecule has 5 nitrogen and oxygen atoms in total. The second kappa shape index (κ2) is 4.59. The van der Waals surface area contributed by atoms with Gasteiger partial charge in [-0.25, -0.2) is 4.79 Å². The Balaban J connectivity index is 1.58. The van der Waals surface area contributed by atoms with Gasteiger partial charge in [0.2, 0.25) is 0 Å². The molecule has 2 fully saturated rings. The zero-order valence-corrected chi connectivity index (χ0v) is 12.6. The summed E-state index contributed by atoms with van der Waals surface area (Å²) in [6.45, 7) is 0.619. The van der Waals surface area contributed by atoms with E-state index >= 15 is 0 Å². The quantitative estimate of drug-likeness (QED) is 0.875. The Morgan fingerprint density at radius 1 is 1.38 bits per heavy atom. The number of anilines is 1. The first-order valence-electron chi connectivity index (χ1n) is 7.12. The number of rotatable bonds is 1. The Hall–Kier alpha value is -1.82. The van der Waals surface area contributed by atoms with Crippen LogP contribution in [0.15, 0.2) is 30.5 Å². The zero-order chi connectivity index (χ0) is 14.6. The fourth-order valence-corrected chi connectivity index (χ4v) is 5.13. The van der Waals surface area contributed by atoms with Crippen molar-refractivity contribution in [2.24, 2.45) is 7.05 Å². The van der Waals surface area contributed by atoms with Gasteiger partial charge in [0.05, 0.1) is 10.9 Å². The number of carbonyl (C=O) groups excluding carboxylic acids is 1. The van der Waals surface area contributed by atoms with Gasteiger partial charge < -0.3 is 14.8 Å². The minimum Gasteiger partial charge on any atom is -0.350 e. The van der Waals surface area contributed by atoms with Gasteiger partial charge in [-0.3, -0.25) is 4.21 Å². The van der Waals surface area contributed by atoms with Crippen molar-refractivity contribution in [1.82, 2.24) is 9.47 Å². The van der Waals surface area contributed by atoms with E-state index < -0.39 is 10.8 Å². The molecule has 2 aliphatic heterocycles. The molecule has 6 heteroatoms. The molecule has 1 aromatic heterocycles. The van der Waals surface area contributed by atoms with E-state index in [-0.39, 0.29) is 17.3 Å². The second-order valence-electron chi connectivity index (χ2n) is 5.81. The number of likely N-dealkylation sites (tertiary alicyclic amines) is 1. The van der Waals surface area contributed by atoms with E-state index in [9.17, 15) is 9.00 Å². The highest BCUT2D eigenvalue weighted by molar-refractivity contribution is 7.86. The second-order valence-corrected chi connectivity index (χ2v) is 7.57. The molecule has 0 aliphatic carbocycles. The number of nitrogens with zero attached hydrogens (tertiary/aromatic N) is 2. The molecule has 3 atom stereocenters. The van der Waals surface area contributed by atoms with Gasteiger partial charge in [-0.2, -0.15) is 0 Å². The summed E-state index contributed by atoms with van der Waals surface area (Å²) in [7, 11) is 1.25. The van der Waals surface area contributed by atoms with Gasteiger partial charge >= 0.3 is 6.03 Å². The van der Waals surface area contributed by atoms with Crippen LogP contribution in [0, 0.1) is 0 Å². The molecule has 21 heavy (non-hydrogen) atoms. The molecule has 2 aliphatic rings. The number of amides is 2.